The third-order valence-corrected chi connectivity index (χ3v) is 7.53. The standard InChI is InChI=1S/C24H25N7OS/c1-30(2)21(32)15-31-14-18(12-29-31)20-13-26-22(33-20)24(8-3-9-24)19-6-4-16(5-7-19)17-10-27-23(25)28-11-17/h4-7,10-14H,3,8-9,15H2,1-2H3,(H2,25,27,28). The Morgan fingerprint density at radius 1 is 1.03 bits per heavy atom. The first-order chi connectivity index (χ1) is 15.9. The highest BCUT2D eigenvalue weighted by atomic mass is 32.1. The van der Waals surface area contributed by atoms with Gasteiger partial charge in [-0.25, -0.2) is 15.0 Å². The van der Waals surface area contributed by atoms with Gasteiger partial charge in [-0.2, -0.15) is 5.10 Å². The molecular formula is C24H25N7OS. The molecule has 8 nitrogen and oxygen atoms in total. The first kappa shape index (κ1) is 21.3. The zero-order chi connectivity index (χ0) is 23.0. The number of hydrogen-bond acceptors (Lipinski definition) is 7. The van der Waals surface area contributed by atoms with Crippen LogP contribution in [-0.2, 0) is 16.8 Å². The van der Waals surface area contributed by atoms with Gasteiger partial charge in [-0.1, -0.05) is 30.7 Å². The van der Waals surface area contributed by atoms with E-state index in [0.717, 1.165) is 39.4 Å². The average molecular weight is 460 g/mol. The molecule has 33 heavy (non-hydrogen) atoms. The van der Waals surface area contributed by atoms with Gasteiger partial charge >= 0.3 is 0 Å². The van der Waals surface area contributed by atoms with Crippen LogP contribution in [0.5, 0.6) is 0 Å². The van der Waals surface area contributed by atoms with E-state index in [1.54, 1.807) is 53.6 Å². The summed E-state index contributed by atoms with van der Waals surface area (Å²) in [5.41, 5.74) is 9.83. The molecule has 3 heterocycles. The third kappa shape index (κ3) is 4.00. The summed E-state index contributed by atoms with van der Waals surface area (Å²) in [4.78, 5) is 27.6. The second-order valence-corrected chi connectivity index (χ2v) is 9.62. The lowest BCUT2D eigenvalue weighted by Gasteiger charge is -2.40. The van der Waals surface area contributed by atoms with Crippen LogP contribution in [0.4, 0.5) is 5.95 Å². The number of anilines is 1. The van der Waals surface area contributed by atoms with Crippen molar-refractivity contribution >= 4 is 23.2 Å². The number of aromatic nitrogens is 5. The minimum Gasteiger partial charge on any atom is -0.368 e. The fourth-order valence-corrected chi connectivity index (χ4v) is 5.27. The lowest BCUT2D eigenvalue weighted by molar-refractivity contribution is -0.129. The maximum atomic E-state index is 12.0. The van der Waals surface area contributed by atoms with Crippen molar-refractivity contribution in [1.82, 2.24) is 29.6 Å². The highest BCUT2D eigenvalue weighted by Crippen LogP contribution is 2.51. The van der Waals surface area contributed by atoms with E-state index in [2.05, 4.69) is 39.3 Å². The zero-order valence-corrected chi connectivity index (χ0v) is 19.4. The van der Waals surface area contributed by atoms with Gasteiger partial charge in [0.1, 0.15) is 11.6 Å². The van der Waals surface area contributed by atoms with Crippen LogP contribution >= 0.6 is 11.3 Å². The lowest BCUT2D eigenvalue weighted by Crippen LogP contribution is -2.35. The van der Waals surface area contributed by atoms with Crippen LogP contribution in [-0.4, -0.2) is 49.6 Å². The van der Waals surface area contributed by atoms with Crippen LogP contribution in [0.1, 0.15) is 29.8 Å². The number of amides is 1. The predicted octanol–water partition coefficient (Wildman–Crippen LogP) is 3.60. The Kier molecular flexibility index (Phi) is 5.41. The highest BCUT2D eigenvalue weighted by Gasteiger charge is 2.43. The van der Waals surface area contributed by atoms with Crippen molar-refractivity contribution in [1.29, 1.82) is 0 Å². The summed E-state index contributed by atoms with van der Waals surface area (Å²) in [5, 5.41) is 5.48. The van der Waals surface area contributed by atoms with Gasteiger partial charge in [-0.3, -0.25) is 9.48 Å². The van der Waals surface area contributed by atoms with E-state index in [1.165, 1.54) is 12.0 Å². The number of hydrogen-bond donors (Lipinski definition) is 1. The van der Waals surface area contributed by atoms with Gasteiger partial charge in [0.05, 0.1) is 11.1 Å². The summed E-state index contributed by atoms with van der Waals surface area (Å²) in [7, 11) is 3.49. The summed E-state index contributed by atoms with van der Waals surface area (Å²) in [6.07, 6.45) is 12.5. The van der Waals surface area contributed by atoms with Crippen molar-refractivity contribution in [3.8, 4) is 21.6 Å². The Morgan fingerprint density at radius 3 is 2.39 bits per heavy atom. The van der Waals surface area contributed by atoms with Crippen LogP contribution < -0.4 is 5.73 Å². The van der Waals surface area contributed by atoms with Crippen LogP contribution in [0, 0.1) is 0 Å². The van der Waals surface area contributed by atoms with E-state index >= 15 is 0 Å². The molecule has 0 spiro atoms. The summed E-state index contributed by atoms with van der Waals surface area (Å²) in [6, 6.07) is 8.61. The van der Waals surface area contributed by atoms with Gasteiger partial charge in [0.2, 0.25) is 11.9 Å². The Hall–Kier alpha value is -3.59. The molecule has 1 aliphatic rings. The normalized spacial score (nSPS) is 14.6. The number of thiazole rings is 1. The Labute approximate surface area is 196 Å². The number of carbonyl (C=O) groups excluding carboxylic acids is 1. The molecule has 1 aromatic carbocycles. The Morgan fingerprint density at radius 2 is 1.76 bits per heavy atom. The van der Waals surface area contributed by atoms with Crippen LogP contribution in [0.25, 0.3) is 21.6 Å². The molecule has 0 aliphatic heterocycles. The minimum absolute atomic E-state index is 0.0112. The Bertz CT molecular complexity index is 1270. The molecule has 0 unspecified atom stereocenters. The fraction of sp³-hybridized carbons (Fsp3) is 0.292. The number of nitrogens with zero attached hydrogens (tertiary/aromatic N) is 6. The molecule has 1 aliphatic carbocycles. The molecule has 1 saturated carbocycles. The molecule has 0 bridgehead atoms. The predicted molar refractivity (Wildman–Crippen MR) is 129 cm³/mol. The van der Waals surface area contributed by atoms with Gasteiger partial charge in [0.15, 0.2) is 0 Å². The van der Waals surface area contributed by atoms with Crippen molar-refractivity contribution in [3.05, 3.63) is 65.8 Å². The van der Waals surface area contributed by atoms with Crippen molar-refractivity contribution in [2.45, 2.75) is 31.2 Å². The SMILES string of the molecule is CN(C)C(=O)Cn1cc(-c2cnc(C3(c4ccc(-c5cnc(N)nc5)cc4)CCC3)s2)cn1. The van der Waals surface area contributed by atoms with Gasteiger partial charge in [-0.15, -0.1) is 11.3 Å². The average Bonchev–Trinajstić information content (AvgIpc) is 3.44. The van der Waals surface area contributed by atoms with E-state index < -0.39 is 0 Å². The van der Waals surface area contributed by atoms with Crippen molar-refractivity contribution in [2.75, 3.05) is 19.8 Å². The fourth-order valence-electron chi connectivity index (χ4n) is 4.11. The molecule has 5 rings (SSSR count). The second-order valence-electron chi connectivity index (χ2n) is 8.59. The van der Waals surface area contributed by atoms with Gasteiger partial charge < -0.3 is 10.6 Å². The highest BCUT2D eigenvalue weighted by molar-refractivity contribution is 7.15. The molecule has 1 fully saturated rings. The van der Waals surface area contributed by atoms with Crippen LogP contribution in [0.2, 0.25) is 0 Å². The van der Waals surface area contributed by atoms with Crippen molar-refractivity contribution < 1.29 is 4.79 Å². The van der Waals surface area contributed by atoms with Crippen LogP contribution in [0.15, 0.2) is 55.2 Å². The quantitative estimate of drug-likeness (QED) is 0.473. The maximum absolute atomic E-state index is 12.0. The second kappa shape index (κ2) is 8.40. The van der Waals surface area contributed by atoms with E-state index in [1.807, 2.05) is 12.4 Å². The van der Waals surface area contributed by atoms with Gasteiger partial charge in [-0.05, 0) is 24.0 Å². The van der Waals surface area contributed by atoms with E-state index in [9.17, 15) is 4.79 Å². The molecule has 0 radical (unpaired) electrons. The number of likely N-dealkylation sites (N-methyl/N-ethyl adjacent to an activating group) is 1. The molecule has 9 heteroatoms. The first-order valence-corrected chi connectivity index (χ1v) is 11.6. The lowest BCUT2D eigenvalue weighted by atomic mass is 9.65. The first-order valence-electron chi connectivity index (χ1n) is 10.8. The third-order valence-electron chi connectivity index (χ3n) is 6.28. The number of rotatable bonds is 6. The van der Waals surface area contributed by atoms with Crippen LogP contribution in [0.3, 0.4) is 0 Å². The molecule has 0 saturated heterocycles. The minimum atomic E-state index is -0.0457. The smallest absolute Gasteiger partial charge is 0.243 e. The number of carbonyl (C=O) groups is 1. The topological polar surface area (TPSA) is 103 Å². The molecule has 168 valence electrons. The molecule has 2 N–H and O–H groups in total. The molecule has 4 aromatic rings. The number of nitrogens with two attached hydrogens (primary N) is 1. The van der Waals surface area contributed by atoms with Gasteiger partial charge in [0, 0.05) is 55.4 Å². The summed E-state index contributed by atoms with van der Waals surface area (Å²) >= 11 is 1.71. The number of nitrogen functional groups attached to an aromatic ring is 1. The molecular weight excluding hydrogens is 434 g/mol. The largest absolute Gasteiger partial charge is 0.368 e. The number of benzene rings is 1. The molecule has 3 aromatic heterocycles. The van der Waals surface area contributed by atoms with E-state index in [-0.39, 0.29) is 23.8 Å². The van der Waals surface area contributed by atoms with Crippen molar-refractivity contribution in [3.63, 3.8) is 0 Å². The summed E-state index contributed by atoms with van der Waals surface area (Å²) in [6.45, 7) is 0.230. The van der Waals surface area contributed by atoms with Crippen molar-refractivity contribution in [2.24, 2.45) is 0 Å². The monoisotopic (exact) mass is 459 g/mol. The van der Waals surface area contributed by atoms with E-state index in [0.29, 0.717) is 0 Å². The molecule has 1 amide bonds. The summed E-state index contributed by atoms with van der Waals surface area (Å²) in [5.74, 6) is 0.287. The van der Waals surface area contributed by atoms with Gasteiger partial charge in [0.25, 0.3) is 0 Å². The zero-order valence-electron chi connectivity index (χ0n) is 18.6. The van der Waals surface area contributed by atoms with E-state index in [4.69, 9.17) is 10.7 Å². The molecule has 0 atom stereocenters. The maximum Gasteiger partial charge on any atom is 0.243 e. The Balaban J connectivity index is 1.38. The summed E-state index contributed by atoms with van der Waals surface area (Å²) < 4.78 is 1.68.